The van der Waals surface area contributed by atoms with Gasteiger partial charge in [-0.1, -0.05) is 30.7 Å². The fourth-order valence-electron chi connectivity index (χ4n) is 5.16. The Kier molecular flexibility index (Phi) is 8.62. The zero-order valence-corrected chi connectivity index (χ0v) is 19.1. The summed E-state index contributed by atoms with van der Waals surface area (Å²) < 4.78 is 0. The Hall–Kier alpha value is -1.63. The minimum absolute atomic E-state index is 0.319. The summed E-state index contributed by atoms with van der Waals surface area (Å²) >= 11 is 0. The van der Waals surface area contributed by atoms with Gasteiger partial charge >= 0.3 is 6.09 Å². The van der Waals surface area contributed by atoms with Crippen molar-refractivity contribution in [3.63, 3.8) is 0 Å². The molecule has 1 amide bonds. The molecule has 0 radical (unpaired) electrons. The quantitative estimate of drug-likeness (QED) is 0.685. The number of nitrogens with zero attached hydrogens (tertiary/aromatic N) is 3. The molecular weight excluding hydrogens is 388 g/mol. The van der Waals surface area contributed by atoms with E-state index in [0.29, 0.717) is 6.54 Å². The Morgan fingerprint density at radius 1 is 0.839 bits per heavy atom. The van der Waals surface area contributed by atoms with Crippen LogP contribution in [0.4, 0.5) is 4.79 Å². The van der Waals surface area contributed by atoms with Gasteiger partial charge in [0.05, 0.1) is 0 Å². The maximum atomic E-state index is 12.2. The molecule has 3 aliphatic heterocycles. The number of nitrogens with one attached hydrogen (secondary N) is 1. The van der Waals surface area contributed by atoms with Gasteiger partial charge in [0.15, 0.2) is 0 Å². The number of benzene rings is 1. The van der Waals surface area contributed by atoms with Crippen LogP contribution < -0.4 is 5.32 Å². The molecule has 6 nitrogen and oxygen atoms in total. The van der Waals surface area contributed by atoms with Crippen LogP contribution in [-0.2, 0) is 17.8 Å². The van der Waals surface area contributed by atoms with Gasteiger partial charge in [-0.3, -0.25) is 4.90 Å². The van der Waals surface area contributed by atoms with Crippen LogP contribution >= 0.6 is 0 Å². The number of hydrogen-bond acceptors (Lipinski definition) is 5. The molecule has 172 valence electrons. The summed E-state index contributed by atoms with van der Waals surface area (Å²) in [5.74, 6) is 0.745. The first-order valence-electron chi connectivity index (χ1n) is 12.5. The summed E-state index contributed by atoms with van der Waals surface area (Å²) in [5.41, 5.74) is 2.63. The molecule has 31 heavy (non-hydrogen) atoms. The summed E-state index contributed by atoms with van der Waals surface area (Å²) in [5, 5.41) is 4.75. The second-order valence-electron chi connectivity index (χ2n) is 9.59. The normalized spacial score (nSPS) is 21.9. The minimum Gasteiger partial charge on any atom is -0.351 e. The summed E-state index contributed by atoms with van der Waals surface area (Å²) in [6, 6.07) is 8.82. The van der Waals surface area contributed by atoms with E-state index in [0.717, 1.165) is 44.8 Å². The van der Waals surface area contributed by atoms with E-state index in [9.17, 15) is 4.79 Å². The number of rotatable bonds is 8. The van der Waals surface area contributed by atoms with Crippen LogP contribution in [-0.4, -0.2) is 73.3 Å². The summed E-state index contributed by atoms with van der Waals surface area (Å²) in [7, 11) is 0. The lowest BCUT2D eigenvalue weighted by Gasteiger charge is -2.35. The Morgan fingerprint density at radius 3 is 2.16 bits per heavy atom. The highest BCUT2D eigenvalue weighted by atomic mass is 16.7. The Bertz CT molecular complexity index is 661. The van der Waals surface area contributed by atoms with Gasteiger partial charge in [-0.2, -0.15) is 0 Å². The molecule has 1 N–H and O–H groups in total. The zero-order chi connectivity index (χ0) is 21.3. The van der Waals surface area contributed by atoms with Crippen LogP contribution in [0.15, 0.2) is 24.3 Å². The molecule has 0 bridgehead atoms. The zero-order valence-electron chi connectivity index (χ0n) is 19.1. The summed E-state index contributed by atoms with van der Waals surface area (Å²) in [4.78, 5) is 22.8. The minimum atomic E-state index is -0.319. The molecule has 3 aliphatic rings. The van der Waals surface area contributed by atoms with Crippen LogP contribution in [0.3, 0.4) is 0 Å². The molecular formula is C25H40N4O2. The van der Waals surface area contributed by atoms with Crippen molar-refractivity contribution < 1.29 is 9.63 Å². The van der Waals surface area contributed by atoms with E-state index in [-0.39, 0.29) is 6.09 Å². The molecule has 1 aromatic rings. The Morgan fingerprint density at radius 2 is 1.45 bits per heavy atom. The highest BCUT2D eigenvalue weighted by Crippen LogP contribution is 2.20. The molecule has 3 saturated heterocycles. The molecule has 0 unspecified atom stereocenters. The van der Waals surface area contributed by atoms with Crippen LogP contribution in [0.25, 0.3) is 0 Å². The van der Waals surface area contributed by atoms with Gasteiger partial charge in [-0.25, -0.2) is 4.79 Å². The molecule has 0 aromatic heterocycles. The SMILES string of the molecule is O=C(NCCc1ccc(CN2CCCC2)cc1)ON1CCC(CN2CCCCC2)CC1. The third kappa shape index (κ3) is 7.48. The van der Waals surface area contributed by atoms with E-state index < -0.39 is 0 Å². The molecule has 0 aliphatic carbocycles. The van der Waals surface area contributed by atoms with Crippen molar-refractivity contribution in [3.05, 3.63) is 35.4 Å². The standard InChI is InChI=1S/C25H40N4O2/c30-25(31-29-18-11-24(12-19-29)21-27-14-2-1-3-15-27)26-13-10-22-6-8-23(9-7-22)20-28-16-4-5-17-28/h6-9,24H,1-5,10-21H2,(H,26,30). The van der Waals surface area contributed by atoms with Crippen molar-refractivity contribution in [2.45, 2.75) is 57.9 Å². The first-order chi connectivity index (χ1) is 15.2. The van der Waals surface area contributed by atoms with Crippen molar-refractivity contribution in [1.29, 1.82) is 0 Å². The lowest BCUT2D eigenvalue weighted by molar-refractivity contribution is -0.119. The number of hydrogen-bond donors (Lipinski definition) is 1. The van der Waals surface area contributed by atoms with E-state index in [1.807, 2.05) is 5.06 Å². The van der Waals surface area contributed by atoms with Gasteiger partial charge in [0, 0.05) is 32.7 Å². The molecule has 0 saturated carbocycles. The first kappa shape index (κ1) is 22.6. The first-order valence-corrected chi connectivity index (χ1v) is 12.5. The van der Waals surface area contributed by atoms with Crippen LogP contribution in [0.5, 0.6) is 0 Å². The summed E-state index contributed by atoms with van der Waals surface area (Å²) in [6.07, 6.45) is 9.50. The molecule has 0 atom stereocenters. The fraction of sp³-hybridized carbons (Fsp3) is 0.720. The molecule has 3 heterocycles. The number of carbonyl (C=O) groups is 1. The predicted octanol–water partition coefficient (Wildman–Crippen LogP) is 3.66. The average Bonchev–Trinajstić information content (AvgIpc) is 3.30. The maximum absolute atomic E-state index is 12.2. The van der Waals surface area contributed by atoms with E-state index >= 15 is 0 Å². The topological polar surface area (TPSA) is 48.1 Å². The van der Waals surface area contributed by atoms with Crippen LogP contribution in [0, 0.1) is 5.92 Å². The van der Waals surface area contributed by atoms with Crippen molar-refractivity contribution in [3.8, 4) is 0 Å². The van der Waals surface area contributed by atoms with Gasteiger partial charge in [0.25, 0.3) is 0 Å². The average molecular weight is 429 g/mol. The molecule has 4 rings (SSSR count). The van der Waals surface area contributed by atoms with Gasteiger partial charge in [-0.05, 0) is 88.2 Å². The van der Waals surface area contributed by atoms with E-state index in [2.05, 4.69) is 39.4 Å². The number of amides is 1. The van der Waals surface area contributed by atoms with E-state index in [1.165, 1.54) is 76.0 Å². The van der Waals surface area contributed by atoms with Crippen molar-refractivity contribution >= 4 is 6.09 Å². The predicted molar refractivity (Wildman–Crippen MR) is 124 cm³/mol. The highest BCUT2D eigenvalue weighted by molar-refractivity contribution is 5.66. The second kappa shape index (κ2) is 11.8. The summed E-state index contributed by atoms with van der Waals surface area (Å²) in [6.45, 7) is 9.56. The van der Waals surface area contributed by atoms with Crippen molar-refractivity contribution in [2.24, 2.45) is 5.92 Å². The van der Waals surface area contributed by atoms with Crippen molar-refractivity contribution in [1.82, 2.24) is 20.2 Å². The lowest BCUT2D eigenvalue weighted by atomic mass is 9.96. The number of carbonyl (C=O) groups excluding carboxylic acids is 1. The third-order valence-electron chi connectivity index (χ3n) is 7.06. The number of hydroxylamine groups is 2. The van der Waals surface area contributed by atoms with E-state index in [4.69, 9.17) is 4.84 Å². The largest absolute Gasteiger partial charge is 0.426 e. The smallest absolute Gasteiger partial charge is 0.351 e. The lowest BCUT2D eigenvalue weighted by Crippen LogP contribution is -2.42. The molecule has 0 spiro atoms. The fourth-order valence-corrected chi connectivity index (χ4v) is 5.16. The molecule has 3 fully saturated rings. The molecule has 1 aromatic carbocycles. The van der Waals surface area contributed by atoms with Gasteiger partial charge < -0.3 is 15.1 Å². The third-order valence-corrected chi connectivity index (χ3v) is 7.06. The van der Waals surface area contributed by atoms with Gasteiger partial charge in [0.1, 0.15) is 0 Å². The second-order valence-corrected chi connectivity index (χ2v) is 9.59. The van der Waals surface area contributed by atoms with Crippen LogP contribution in [0.2, 0.25) is 0 Å². The van der Waals surface area contributed by atoms with Crippen molar-refractivity contribution in [2.75, 3.05) is 52.4 Å². The number of likely N-dealkylation sites (tertiary alicyclic amines) is 2. The van der Waals surface area contributed by atoms with Gasteiger partial charge in [0.2, 0.25) is 0 Å². The highest BCUT2D eigenvalue weighted by Gasteiger charge is 2.24. The maximum Gasteiger partial charge on any atom is 0.426 e. The molecule has 6 heteroatoms. The Labute approximate surface area is 187 Å². The van der Waals surface area contributed by atoms with E-state index in [1.54, 1.807) is 0 Å². The Balaban J connectivity index is 1.08. The number of piperidine rings is 2. The monoisotopic (exact) mass is 428 g/mol. The van der Waals surface area contributed by atoms with Crippen LogP contribution in [0.1, 0.15) is 56.1 Å². The van der Waals surface area contributed by atoms with Gasteiger partial charge in [-0.15, -0.1) is 5.06 Å².